The van der Waals surface area contributed by atoms with Crippen molar-refractivity contribution < 1.29 is 23.9 Å². The Labute approximate surface area is 157 Å². The standard InChI is InChI=1S/C15H17ClFN5O5/c1-3-4-21-15(25)22(20-19-21)12-6-13(10(16)5-11(12)17)26-7-9(2)18-27-8-14(23)24/h5-6H,3-4,7-8H2,1-2H3,(H,23,24). The van der Waals surface area contributed by atoms with Crippen LogP contribution < -0.4 is 10.4 Å². The van der Waals surface area contributed by atoms with Gasteiger partial charge in [-0.25, -0.2) is 14.0 Å². The summed E-state index contributed by atoms with van der Waals surface area (Å²) in [6, 6.07) is 2.21. The summed E-state index contributed by atoms with van der Waals surface area (Å²) in [5.41, 5.74) is -0.438. The number of halogens is 2. The summed E-state index contributed by atoms with van der Waals surface area (Å²) in [4.78, 5) is 27.2. The molecule has 0 saturated carbocycles. The fraction of sp³-hybridized carbons (Fsp3) is 0.400. The lowest BCUT2D eigenvalue weighted by Gasteiger charge is -2.10. The molecule has 2 aromatic rings. The zero-order valence-electron chi connectivity index (χ0n) is 14.6. The van der Waals surface area contributed by atoms with E-state index in [1.165, 1.54) is 6.07 Å². The lowest BCUT2D eigenvalue weighted by atomic mass is 10.3. The van der Waals surface area contributed by atoms with Gasteiger partial charge < -0.3 is 14.7 Å². The van der Waals surface area contributed by atoms with Crippen molar-refractivity contribution in [2.24, 2.45) is 5.16 Å². The highest BCUT2D eigenvalue weighted by atomic mass is 35.5. The van der Waals surface area contributed by atoms with Crippen LogP contribution in [0, 0.1) is 5.82 Å². The number of aliphatic carboxylic acids is 1. The maximum atomic E-state index is 14.3. The monoisotopic (exact) mass is 401 g/mol. The molecule has 0 fully saturated rings. The van der Waals surface area contributed by atoms with Crippen LogP contribution in [0.1, 0.15) is 20.3 Å². The first kappa shape index (κ1) is 20.4. The Morgan fingerprint density at radius 1 is 1.37 bits per heavy atom. The van der Waals surface area contributed by atoms with Gasteiger partial charge in [-0.2, -0.15) is 9.36 Å². The molecule has 1 aromatic carbocycles. The van der Waals surface area contributed by atoms with Gasteiger partial charge in [0, 0.05) is 12.6 Å². The second-order valence-electron chi connectivity index (χ2n) is 5.41. The molecule has 0 aliphatic rings. The van der Waals surface area contributed by atoms with Crippen LogP contribution >= 0.6 is 11.6 Å². The minimum absolute atomic E-state index is 0.0236. The number of aromatic nitrogens is 4. The molecule has 1 N–H and O–H groups in total. The van der Waals surface area contributed by atoms with Crippen molar-refractivity contribution >= 4 is 23.3 Å². The van der Waals surface area contributed by atoms with Crippen molar-refractivity contribution in [3.8, 4) is 11.4 Å². The molecule has 0 spiro atoms. The van der Waals surface area contributed by atoms with Gasteiger partial charge in [0.25, 0.3) is 0 Å². The number of carboxylic acid groups (broad SMARTS) is 1. The molecule has 27 heavy (non-hydrogen) atoms. The molecule has 12 heteroatoms. The smallest absolute Gasteiger partial charge is 0.368 e. The molecule has 0 aliphatic carbocycles. The average molecular weight is 402 g/mol. The number of oxime groups is 1. The highest BCUT2D eigenvalue weighted by Gasteiger charge is 2.16. The molecule has 0 saturated heterocycles. The number of hydrogen-bond donors (Lipinski definition) is 1. The lowest BCUT2D eigenvalue weighted by Crippen LogP contribution is -2.25. The third-order valence-electron chi connectivity index (χ3n) is 3.15. The minimum Gasteiger partial charge on any atom is -0.486 e. The predicted octanol–water partition coefficient (Wildman–Crippen LogP) is 1.49. The molecule has 2 rings (SSSR count). The molecule has 1 aromatic heterocycles. The van der Waals surface area contributed by atoms with Crippen LogP contribution in [-0.4, -0.2) is 49.8 Å². The SMILES string of the molecule is CCCn1nnn(-c2cc(OCC(C)=NOCC(=O)O)c(Cl)cc2F)c1=O. The van der Waals surface area contributed by atoms with E-state index in [0.717, 1.165) is 15.4 Å². The van der Waals surface area contributed by atoms with Gasteiger partial charge in [0.1, 0.15) is 18.0 Å². The number of rotatable bonds is 9. The van der Waals surface area contributed by atoms with Gasteiger partial charge in [-0.05, 0) is 29.8 Å². The van der Waals surface area contributed by atoms with Gasteiger partial charge in [-0.15, -0.1) is 0 Å². The van der Waals surface area contributed by atoms with Crippen LogP contribution in [0.2, 0.25) is 5.02 Å². The van der Waals surface area contributed by atoms with Gasteiger partial charge in [-0.1, -0.05) is 23.7 Å². The number of tetrazole rings is 1. The van der Waals surface area contributed by atoms with Gasteiger partial charge in [0.2, 0.25) is 6.61 Å². The molecule has 0 amide bonds. The maximum absolute atomic E-state index is 14.3. The summed E-state index contributed by atoms with van der Waals surface area (Å²) < 4.78 is 21.6. The predicted molar refractivity (Wildman–Crippen MR) is 93.1 cm³/mol. The topological polar surface area (TPSA) is 121 Å². The third kappa shape index (κ3) is 5.26. The van der Waals surface area contributed by atoms with Crippen LogP contribution in [0.25, 0.3) is 5.69 Å². The molecule has 0 atom stereocenters. The van der Waals surface area contributed by atoms with Crippen molar-refractivity contribution in [2.45, 2.75) is 26.8 Å². The first-order valence-corrected chi connectivity index (χ1v) is 8.23. The van der Waals surface area contributed by atoms with Crippen LogP contribution in [-0.2, 0) is 16.2 Å². The normalized spacial score (nSPS) is 11.5. The van der Waals surface area contributed by atoms with E-state index in [4.69, 9.17) is 21.4 Å². The van der Waals surface area contributed by atoms with Crippen LogP contribution in [0.3, 0.4) is 0 Å². The molecule has 0 radical (unpaired) electrons. The van der Waals surface area contributed by atoms with E-state index in [9.17, 15) is 14.0 Å². The quantitative estimate of drug-likeness (QED) is 0.499. The van der Waals surface area contributed by atoms with E-state index >= 15 is 0 Å². The van der Waals surface area contributed by atoms with E-state index in [1.54, 1.807) is 6.92 Å². The van der Waals surface area contributed by atoms with Crippen molar-refractivity contribution in [3.05, 3.63) is 33.5 Å². The van der Waals surface area contributed by atoms with E-state index in [1.807, 2.05) is 6.92 Å². The van der Waals surface area contributed by atoms with Crippen LogP contribution in [0.5, 0.6) is 5.75 Å². The molecule has 0 unspecified atom stereocenters. The lowest BCUT2D eigenvalue weighted by molar-refractivity contribution is -0.142. The molecule has 10 nitrogen and oxygen atoms in total. The van der Waals surface area contributed by atoms with Crippen molar-refractivity contribution in [2.75, 3.05) is 13.2 Å². The van der Waals surface area contributed by atoms with Crippen LogP contribution in [0.4, 0.5) is 4.39 Å². The number of benzene rings is 1. The number of nitrogens with zero attached hydrogens (tertiary/aromatic N) is 5. The van der Waals surface area contributed by atoms with E-state index in [-0.39, 0.29) is 23.1 Å². The second kappa shape index (κ2) is 9.12. The van der Waals surface area contributed by atoms with E-state index in [2.05, 4.69) is 20.4 Å². The zero-order chi connectivity index (χ0) is 20.0. The summed E-state index contributed by atoms with van der Waals surface area (Å²) in [5.74, 6) is -1.86. The van der Waals surface area contributed by atoms with E-state index < -0.39 is 24.1 Å². The average Bonchev–Trinajstić information content (AvgIpc) is 2.95. The van der Waals surface area contributed by atoms with Crippen LogP contribution in [0.15, 0.2) is 22.1 Å². The first-order valence-electron chi connectivity index (χ1n) is 7.85. The summed E-state index contributed by atoms with van der Waals surface area (Å²) in [7, 11) is 0. The highest BCUT2D eigenvalue weighted by molar-refractivity contribution is 6.32. The molecular formula is C15H17ClFN5O5. The Hall–Kier alpha value is -2.95. The number of carbonyl (C=O) groups is 1. The fourth-order valence-corrected chi connectivity index (χ4v) is 2.18. The van der Waals surface area contributed by atoms with Crippen molar-refractivity contribution in [1.82, 2.24) is 19.8 Å². The number of carboxylic acids is 1. The highest BCUT2D eigenvalue weighted by Crippen LogP contribution is 2.29. The molecule has 1 heterocycles. The van der Waals surface area contributed by atoms with E-state index in [0.29, 0.717) is 18.7 Å². The number of hydrogen-bond acceptors (Lipinski definition) is 7. The third-order valence-corrected chi connectivity index (χ3v) is 3.44. The Morgan fingerprint density at radius 2 is 2.11 bits per heavy atom. The van der Waals surface area contributed by atoms with Crippen molar-refractivity contribution in [3.63, 3.8) is 0 Å². The molecule has 0 bridgehead atoms. The second-order valence-corrected chi connectivity index (χ2v) is 5.82. The summed E-state index contributed by atoms with van der Waals surface area (Å²) in [6.45, 7) is 3.08. The van der Waals surface area contributed by atoms with Gasteiger partial charge in [0.15, 0.2) is 5.82 Å². The van der Waals surface area contributed by atoms with Gasteiger partial charge >= 0.3 is 11.7 Å². The number of aryl methyl sites for hydroxylation is 1. The maximum Gasteiger partial charge on any atom is 0.368 e. The Morgan fingerprint density at radius 3 is 2.78 bits per heavy atom. The zero-order valence-corrected chi connectivity index (χ0v) is 15.3. The summed E-state index contributed by atoms with van der Waals surface area (Å²) in [6.07, 6.45) is 0.665. The largest absolute Gasteiger partial charge is 0.486 e. The van der Waals surface area contributed by atoms with Gasteiger partial charge in [0.05, 0.1) is 10.7 Å². The van der Waals surface area contributed by atoms with Gasteiger partial charge in [-0.3, -0.25) is 0 Å². The number of ether oxygens (including phenoxy) is 1. The molecule has 0 aliphatic heterocycles. The van der Waals surface area contributed by atoms with Crippen molar-refractivity contribution in [1.29, 1.82) is 0 Å². The summed E-state index contributed by atoms with van der Waals surface area (Å²) in [5, 5.41) is 19.4. The summed E-state index contributed by atoms with van der Waals surface area (Å²) >= 11 is 5.97. The Balaban J connectivity index is 2.21. The Bertz CT molecular complexity index is 910. The fourth-order valence-electron chi connectivity index (χ4n) is 1.98. The minimum atomic E-state index is -1.17. The first-order chi connectivity index (χ1) is 12.8. The molecular weight excluding hydrogens is 385 g/mol. The Kier molecular flexibility index (Phi) is 6.88. The molecule has 146 valence electrons.